The van der Waals surface area contributed by atoms with Crippen LogP contribution in [-0.2, 0) is 37.5 Å². The number of rotatable bonds is 0. The van der Waals surface area contributed by atoms with E-state index in [0.717, 1.165) is 0 Å². The first-order valence-electron chi connectivity index (χ1n) is 0.644. The Balaban J connectivity index is -0.0000000200. The van der Waals surface area contributed by atoms with Gasteiger partial charge in [0.25, 0.3) is 0 Å². The fourth-order valence-electron chi connectivity index (χ4n) is 0. The molecule has 0 saturated heterocycles. The number of carbonyl (C=O) groups excluding carboxylic acids is 1. The molecule has 0 bridgehead atoms. The molecule has 0 atom stereocenters. The van der Waals surface area contributed by atoms with E-state index >= 15 is 0 Å². The van der Waals surface area contributed by atoms with Crippen molar-refractivity contribution in [3.63, 3.8) is 0 Å². The largest absolute Gasteiger partial charge is 0.358 e. The topological polar surface area (TPSA) is 17.1 Å². The summed E-state index contributed by atoms with van der Waals surface area (Å²) in [6.45, 7) is 2.81. The molecule has 0 N–H and O–H groups in total. The Kier molecular flexibility index (Phi) is 79.5. The van der Waals surface area contributed by atoms with Crippen molar-refractivity contribution in [2.24, 2.45) is 0 Å². The van der Waals surface area contributed by atoms with Crippen LogP contribution in [0.1, 0.15) is 0 Å². The Labute approximate surface area is 58.0 Å². The first-order valence-corrected chi connectivity index (χ1v) is 0.644. The van der Waals surface area contributed by atoms with E-state index in [1.165, 1.54) is 0 Å². The molecule has 0 aliphatic rings. The van der Waals surface area contributed by atoms with Crippen molar-refractivity contribution in [3.05, 3.63) is 14.4 Å². The number of hydrogen-bond acceptors (Lipinski definition) is 1. The molecule has 29 valence electrons. The monoisotopic (exact) mass is 147 g/mol. The summed E-state index contributed by atoms with van der Waals surface area (Å²) in [6, 6.07) is 0. The molecular formula is C3H6OY-2. The number of aldehydes is 1. The number of hydrogen-bond donors (Lipinski definition) is 0. The van der Waals surface area contributed by atoms with Gasteiger partial charge in [0.1, 0.15) is 0 Å². The molecule has 0 aliphatic heterocycles. The molecule has 0 saturated carbocycles. The standard InChI is InChI=1S/C2H3O.CH3.Y/c1-2-3;;/h2H,1H2;1H3;/q2*-1;. The first kappa shape index (κ1) is 17.4. The van der Waals surface area contributed by atoms with E-state index in [4.69, 9.17) is 4.79 Å². The molecule has 0 aromatic heterocycles. The average molecular weight is 147 g/mol. The average Bonchev–Trinajstić information content (AvgIpc) is 0.918. The molecule has 2 heteroatoms. The molecule has 1 nitrogen and oxygen atoms in total. The fraction of sp³-hybridized carbons (Fsp3) is 0. The zero-order chi connectivity index (χ0) is 2.71. The summed E-state index contributed by atoms with van der Waals surface area (Å²) in [5, 5.41) is 0. The van der Waals surface area contributed by atoms with Crippen LogP contribution in [0.5, 0.6) is 0 Å². The van der Waals surface area contributed by atoms with E-state index in [1.807, 2.05) is 0 Å². The fourth-order valence-corrected chi connectivity index (χ4v) is 0. The van der Waals surface area contributed by atoms with Crippen LogP contribution >= 0.6 is 0 Å². The summed E-state index contributed by atoms with van der Waals surface area (Å²) in [5.74, 6) is 0. The van der Waals surface area contributed by atoms with Crippen molar-refractivity contribution in [2.75, 3.05) is 0 Å². The third-order valence-electron chi connectivity index (χ3n) is 0. The van der Waals surface area contributed by atoms with Gasteiger partial charge in [-0.15, -0.1) is 0 Å². The minimum Gasteiger partial charge on any atom is -0.358 e. The van der Waals surface area contributed by atoms with Gasteiger partial charge in [0.05, 0.1) is 0 Å². The van der Waals surface area contributed by atoms with Crippen LogP contribution in [0.15, 0.2) is 0 Å². The van der Waals surface area contributed by atoms with Gasteiger partial charge in [-0.2, -0.15) is 0 Å². The van der Waals surface area contributed by atoms with Gasteiger partial charge >= 0.3 is 0 Å². The van der Waals surface area contributed by atoms with Gasteiger partial charge in [-0.1, -0.05) is 0 Å². The second kappa shape index (κ2) is 22.8. The van der Waals surface area contributed by atoms with Crippen LogP contribution in [0.4, 0.5) is 0 Å². The summed E-state index contributed by atoms with van der Waals surface area (Å²) in [4.78, 5) is 8.69. The van der Waals surface area contributed by atoms with E-state index in [9.17, 15) is 0 Å². The van der Waals surface area contributed by atoms with Gasteiger partial charge < -0.3 is 19.1 Å². The third-order valence-corrected chi connectivity index (χ3v) is 0. The van der Waals surface area contributed by atoms with Crippen LogP contribution in [0.3, 0.4) is 0 Å². The second-order valence-corrected chi connectivity index (χ2v) is 0.167. The van der Waals surface area contributed by atoms with Crippen LogP contribution in [-0.4, -0.2) is 6.29 Å². The SMILES string of the molecule is [CH2-]C=O.[CH3-].[Y]. The Morgan fingerprint density at radius 2 is 1.60 bits per heavy atom. The first-order chi connectivity index (χ1) is 1.41. The molecule has 1 radical (unpaired) electrons. The summed E-state index contributed by atoms with van der Waals surface area (Å²) < 4.78 is 0. The third kappa shape index (κ3) is 78.3. The van der Waals surface area contributed by atoms with Gasteiger partial charge in [0.2, 0.25) is 0 Å². The molecule has 0 unspecified atom stereocenters. The molecule has 0 heterocycles. The maximum Gasteiger partial charge on any atom is 0 e. The molecule has 5 heavy (non-hydrogen) atoms. The molecule has 0 fully saturated rings. The Morgan fingerprint density at radius 3 is 1.60 bits per heavy atom. The van der Waals surface area contributed by atoms with E-state index in [2.05, 4.69) is 6.92 Å². The van der Waals surface area contributed by atoms with Gasteiger partial charge in [0, 0.05) is 32.7 Å². The molecule has 0 spiro atoms. The molecule has 0 amide bonds. The van der Waals surface area contributed by atoms with Gasteiger partial charge in [0.15, 0.2) is 0 Å². The van der Waals surface area contributed by atoms with E-state index < -0.39 is 0 Å². The maximum absolute atomic E-state index is 8.69. The van der Waals surface area contributed by atoms with Crippen LogP contribution < -0.4 is 0 Å². The van der Waals surface area contributed by atoms with Crippen LogP contribution in [0.25, 0.3) is 0 Å². The maximum atomic E-state index is 8.69. The predicted molar refractivity (Wildman–Crippen MR) is 17.8 cm³/mol. The Morgan fingerprint density at radius 1 is 1.60 bits per heavy atom. The Bertz CT molecular complexity index is 14.4. The van der Waals surface area contributed by atoms with Gasteiger partial charge in [-0.3, -0.25) is 0 Å². The predicted octanol–water partition coefficient (Wildman–Crippen LogP) is 0.467. The van der Waals surface area contributed by atoms with Gasteiger partial charge in [-0.25, -0.2) is 0 Å². The van der Waals surface area contributed by atoms with E-state index in [1.54, 1.807) is 0 Å². The second-order valence-electron chi connectivity index (χ2n) is 0.167. The number of carbonyl (C=O) groups is 1. The molecule has 0 rings (SSSR count). The summed E-state index contributed by atoms with van der Waals surface area (Å²) in [6.07, 6.45) is 0.500. The molecule has 0 aliphatic carbocycles. The molecular weight excluding hydrogens is 141 g/mol. The van der Waals surface area contributed by atoms with Gasteiger partial charge in [-0.05, 0) is 6.29 Å². The van der Waals surface area contributed by atoms with Crippen molar-refractivity contribution in [2.45, 2.75) is 0 Å². The minimum absolute atomic E-state index is 0. The van der Waals surface area contributed by atoms with E-state index in [-0.39, 0.29) is 40.1 Å². The zero-order valence-electron chi connectivity index (χ0n) is 3.27. The van der Waals surface area contributed by atoms with Crippen LogP contribution in [0.2, 0.25) is 0 Å². The molecule has 0 aromatic carbocycles. The zero-order valence-corrected chi connectivity index (χ0v) is 6.11. The van der Waals surface area contributed by atoms with Crippen molar-refractivity contribution >= 4 is 6.29 Å². The summed E-state index contributed by atoms with van der Waals surface area (Å²) in [5.41, 5.74) is 0. The minimum atomic E-state index is 0. The quantitative estimate of drug-likeness (QED) is 0.359. The van der Waals surface area contributed by atoms with Crippen molar-refractivity contribution < 1.29 is 37.5 Å². The normalized spacial score (nSPS) is 2.40. The van der Waals surface area contributed by atoms with Crippen molar-refractivity contribution in [1.29, 1.82) is 0 Å². The molecule has 0 aromatic rings. The Hall–Kier alpha value is 0.644. The smallest absolute Gasteiger partial charge is 0 e. The van der Waals surface area contributed by atoms with Crippen LogP contribution in [0, 0.1) is 14.4 Å². The van der Waals surface area contributed by atoms with Crippen molar-refractivity contribution in [1.82, 2.24) is 0 Å². The van der Waals surface area contributed by atoms with Crippen molar-refractivity contribution in [3.8, 4) is 0 Å². The summed E-state index contributed by atoms with van der Waals surface area (Å²) >= 11 is 0. The summed E-state index contributed by atoms with van der Waals surface area (Å²) in [7, 11) is 0. The van der Waals surface area contributed by atoms with E-state index in [0.29, 0.717) is 6.29 Å².